The van der Waals surface area contributed by atoms with E-state index in [1.165, 1.54) is 5.38 Å². The van der Waals surface area contributed by atoms with Crippen LogP contribution in [0.15, 0.2) is 23.6 Å². The average molecular weight is 306 g/mol. The van der Waals surface area contributed by atoms with Gasteiger partial charge in [-0.3, -0.25) is 0 Å². The summed E-state index contributed by atoms with van der Waals surface area (Å²) in [6.45, 7) is 0. The van der Waals surface area contributed by atoms with Crippen LogP contribution in [0.3, 0.4) is 0 Å². The molecule has 0 saturated carbocycles. The number of carbonyl (C=O) groups is 1. The van der Waals surface area contributed by atoms with Crippen LogP contribution in [-0.2, 0) is 6.18 Å². The number of aromatic nitrogens is 1. The summed E-state index contributed by atoms with van der Waals surface area (Å²) in [5, 5.41) is 1.18. The topological polar surface area (TPSA) is 65.2 Å². The fourth-order valence-electron chi connectivity index (χ4n) is 1.45. The molecule has 0 atom stereocenters. The third-order valence-corrected chi connectivity index (χ3v) is 3.08. The number of nitrogens with two attached hydrogens (primary N) is 1. The first-order valence-corrected chi connectivity index (χ1v) is 5.96. The fourth-order valence-corrected chi connectivity index (χ4v) is 2.19. The van der Waals surface area contributed by atoms with Gasteiger partial charge >= 0.3 is 12.3 Å². The van der Waals surface area contributed by atoms with E-state index in [4.69, 9.17) is 5.73 Å². The Kier molecular flexibility index (Phi) is 3.62. The maximum Gasteiger partial charge on any atom is 0.419 e. The summed E-state index contributed by atoms with van der Waals surface area (Å²) >= 11 is 0.827. The molecule has 0 saturated heterocycles. The van der Waals surface area contributed by atoms with Crippen molar-refractivity contribution in [3.8, 4) is 16.5 Å². The van der Waals surface area contributed by atoms with Gasteiger partial charge in [0.25, 0.3) is 0 Å². The highest BCUT2D eigenvalue weighted by Crippen LogP contribution is 2.36. The zero-order valence-electron chi connectivity index (χ0n) is 9.57. The van der Waals surface area contributed by atoms with Crippen LogP contribution < -0.4 is 10.5 Å². The molecule has 0 aliphatic carbocycles. The molecule has 0 aliphatic rings. The molecule has 0 radical (unpaired) electrons. The fraction of sp³-hybridized carbons (Fsp3) is 0.0909. The molecule has 0 aliphatic heterocycles. The minimum Gasteiger partial charge on any atom is -0.390 e. The number of thiazole rings is 1. The number of amides is 1. The van der Waals surface area contributed by atoms with Crippen LogP contribution in [0.4, 0.5) is 22.4 Å². The van der Waals surface area contributed by atoms with E-state index in [-0.39, 0.29) is 16.5 Å². The molecule has 4 nitrogen and oxygen atoms in total. The molecule has 1 aromatic carbocycles. The minimum atomic E-state index is -4.80. The largest absolute Gasteiger partial charge is 0.419 e. The van der Waals surface area contributed by atoms with E-state index in [1.807, 2.05) is 0 Å². The Hall–Kier alpha value is -2.16. The van der Waals surface area contributed by atoms with Gasteiger partial charge in [0.2, 0.25) is 5.88 Å². The van der Waals surface area contributed by atoms with Crippen LogP contribution in [0.25, 0.3) is 10.6 Å². The van der Waals surface area contributed by atoms with Crippen molar-refractivity contribution in [2.45, 2.75) is 6.18 Å². The highest BCUT2D eigenvalue weighted by atomic mass is 32.1. The first-order chi connectivity index (χ1) is 9.29. The van der Waals surface area contributed by atoms with Gasteiger partial charge in [-0.25, -0.2) is 14.2 Å². The van der Waals surface area contributed by atoms with Gasteiger partial charge in [0.15, 0.2) is 0 Å². The minimum absolute atomic E-state index is 0.0511. The quantitative estimate of drug-likeness (QED) is 0.865. The number of benzene rings is 1. The predicted molar refractivity (Wildman–Crippen MR) is 62.7 cm³/mol. The predicted octanol–water partition coefficient (Wildman–Crippen LogP) is 3.43. The smallest absolute Gasteiger partial charge is 0.390 e. The van der Waals surface area contributed by atoms with Gasteiger partial charge in [-0.2, -0.15) is 13.2 Å². The normalized spacial score (nSPS) is 11.4. The lowest BCUT2D eigenvalue weighted by Crippen LogP contribution is -2.16. The molecule has 0 spiro atoms. The molecule has 106 valence electrons. The van der Waals surface area contributed by atoms with Crippen LogP contribution in [-0.4, -0.2) is 11.1 Å². The Morgan fingerprint density at radius 3 is 2.65 bits per heavy atom. The molecule has 0 fully saturated rings. The number of hydrogen-bond donors (Lipinski definition) is 1. The van der Waals surface area contributed by atoms with Crippen molar-refractivity contribution >= 4 is 17.4 Å². The monoisotopic (exact) mass is 306 g/mol. The van der Waals surface area contributed by atoms with E-state index in [2.05, 4.69) is 9.72 Å². The molecule has 9 heteroatoms. The maximum absolute atomic E-state index is 13.8. The number of nitrogens with zero attached hydrogens (tertiary/aromatic N) is 1. The first kappa shape index (κ1) is 14.3. The third kappa shape index (κ3) is 2.87. The molecule has 20 heavy (non-hydrogen) atoms. The Bertz CT molecular complexity index is 654. The Morgan fingerprint density at radius 1 is 1.35 bits per heavy atom. The first-order valence-electron chi connectivity index (χ1n) is 5.08. The van der Waals surface area contributed by atoms with Gasteiger partial charge in [0, 0.05) is 5.56 Å². The molecular weight excluding hydrogens is 300 g/mol. The molecule has 1 aromatic heterocycles. The van der Waals surface area contributed by atoms with Gasteiger partial charge < -0.3 is 10.5 Å². The van der Waals surface area contributed by atoms with Gasteiger partial charge in [-0.1, -0.05) is 6.07 Å². The number of halogens is 4. The number of primary amides is 1. The van der Waals surface area contributed by atoms with E-state index >= 15 is 0 Å². The van der Waals surface area contributed by atoms with Crippen molar-refractivity contribution in [3.63, 3.8) is 0 Å². The van der Waals surface area contributed by atoms with Crippen molar-refractivity contribution in [2.24, 2.45) is 5.73 Å². The maximum atomic E-state index is 13.8. The second kappa shape index (κ2) is 5.08. The molecular formula is C11H6F4N2O2S. The van der Waals surface area contributed by atoms with Crippen LogP contribution in [0, 0.1) is 5.82 Å². The van der Waals surface area contributed by atoms with Gasteiger partial charge in [0.1, 0.15) is 10.8 Å². The van der Waals surface area contributed by atoms with E-state index in [0.29, 0.717) is 6.07 Å². The number of alkyl halides is 3. The van der Waals surface area contributed by atoms with Crippen LogP contribution in [0.5, 0.6) is 5.88 Å². The Morgan fingerprint density at radius 2 is 2.05 bits per heavy atom. The molecule has 2 N–H and O–H groups in total. The standard InChI is InChI=1S/C11H6F4N2O2S/c12-8-5(2-1-3-6(8)11(13,14)15)9-17-7(4-20-9)19-10(16)18/h1-4H,(H2,16,18). The van der Waals surface area contributed by atoms with E-state index in [1.54, 1.807) is 0 Å². The highest BCUT2D eigenvalue weighted by Gasteiger charge is 2.35. The van der Waals surface area contributed by atoms with Crippen molar-refractivity contribution in [1.29, 1.82) is 0 Å². The molecule has 2 rings (SSSR count). The zero-order chi connectivity index (χ0) is 14.9. The summed E-state index contributed by atoms with van der Waals surface area (Å²) < 4.78 is 56.0. The summed E-state index contributed by atoms with van der Waals surface area (Å²) in [5.41, 5.74) is 3.05. The zero-order valence-corrected chi connectivity index (χ0v) is 10.4. The van der Waals surface area contributed by atoms with E-state index in [9.17, 15) is 22.4 Å². The van der Waals surface area contributed by atoms with Crippen molar-refractivity contribution in [3.05, 3.63) is 35.0 Å². The third-order valence-electron chi connectivity index (χ3n) is 2.22. The van der Waals surface area contributed by atoms with Crippen LogP contribution in [0.2, 0.25) is 0 Å². The van der Waals surface area contributed by atoms with Crippen molar-refractivity contribution in [1.82, 2.24) is 4.98 Å². The van der Waals surface area contributed by atoms with Crippen LogP contribution in [0.1, 0.15) is 5.56 Å². The van der Waals surface area contributed by atoms with Crippen molar-refractivity contribution in [2.75, 3.05) is 0 Å². The summed E-state index contributed by atoms with van der Waals surface area (Å²) in [6.07, 6.45) is -5.92. The van der Waals surface area contributed by atoms with E-state index < -0.39 is 23.7 Å². The molecule has 0 unspecified atom stereocenters. The summed E-state index contributed by atoms with van der Waals surface area (Å²) in [6, 6.07) is 2.85. The van der Waals surface area contributed by atoms with Gasteiger partial charge in [-0.05, 0) is 12.1 Å². The molecule has 0 bridgehead atoms. The van der Waals surface area contributed by atoms with E-state index in [0.717, 1.165) is 23.5 Å². The summed E-state index contributed by atoms with van der Waals surface area (Å²) in [4.78, 5) is 14.2. The second-order valence-corrected chi connectivity index (χ2v) is 4.43. The molecule has 1 amide bonds. The van der Waals surface area contributed by atoms with Crippen LogP contribution >= 0.6 is 11.3 Å². The lowest BCUT2D eigenvalue weighted by Gasteiger charge is -2.09. The van der Waals surface area contributed by atoms with Crippen molar-refractivity contribution < 1.29 is 27.1 Å². The molecule has 1 heterocycles. The Balaban J connectivity index is 2.43. The number of hydrogen-bond acceptors (Lipinski definition) is 4. The van der Waals surface area contributed by atoms with Gasteiger partial charge in [0.05, 0.1) is 10.9 Å². The lowest BCUT2D eigenvalue weighted by molar-refractivity contribution is -0.139. The van der Waals surface area contributed by atoms with Gasteiger partial charge in [-0.15, -0.1) is 11.3 Å². The highest BCUT2D eigenvalue weighted by molar-refractivity contribution is 7.13. The number of ether oxygens (including phenoxy) is 1. The average Bonchev–Trinajstić information content (AvgIpc) is 2.75. The number of rotatable bonds is 2. The second-order valence-electron chi connectivity index (χ2n) is 3.58. The number of carbonyl (C=O) groups excluding carboxylic acids is 1. The Labute approximate surface area is 113 Å². The SMILES string of the molecule is NC(=O)Oc1csc(-c2cccc(C(F)(F)F)c2F)n1. The lowest BCUT2D eigenvalue weighted by atomic mass is 10.1. The summed E-state index contributed by atoms with van der Waals surface area (Å²) in [7, 11) is 0. The molecule has 2 aromatic rings. The summed E-state index contributed by atoms with van der Waals surface area (Å²) in [5.74, 6) is -1.63.